The molecule has 1 fully saturated rings. The van der Waals surface area contributed by atoms with Gasteiger partial charge in [-0.1, -0.05) is 0 Å². The summed E-state index contributed by atoms with van der Waals surface area (Å²) < 4.78 is 39.6. The monoisotopic (exact) mass is 422 g/mol. The number of nitrogens with zero attached hydrogens (tertiary/aromatic N) is 4. The van der Waals surface area contributed by atoms with E-state index in [1.165, 1.54) is 4.31 Å². The van der Waals surface area contributed by atoms with Gasteiger partial charge in [0.05, 0.1) is 18.5 Å². The lowest BCUT2D eigenvalue weighted by Gasteiger charge is -2.34. The molecule has 2 heterocycles. The van der Waals surface area contributed by atoms with Gasteiger partial charge in [0.25, 0.3) is 5.91 Å². The van der Waals surface area contributed by atoms with Gasteiger partial charge in [-0.15, -0.1) is 0 Å². The van der Waals surface area contributed by atoms with Crippen LogP contribution in [0.2, 0.25) is 0 Å². The number of carbonyl (C=O) groups excluding carboxylic acids is 1. The van der Waals surface area contributed by atoms with E-state index < -0.39 is 10.0 Å². The first kappa shape index (κ1) is 21.1. The molecule has 1 aliphatic rings. The van der Waals surface area contributed by atoms with Crippen molar-refractivity contribution >= 4 is 15.9 Å². The molecule has 0 atom stereocenters. The Hall–Kier alpha value is -2.59. The van der Waals surface area contributed by atoms with Crippen molar-refractivity contribution in [2.75, 3.05) is 39.9 Å². The molecular weight excluding hydrogens is 396 g/mol. The molecule has 3 rings (SSSR count). The number of amides is 1. The minimum Gasteiger partial charge on any atom is -0.497 e. The topological polar surface area (TPSA) is 94.0 Å². The average Bonchev–Trinajstić information content (AvgIpc) is 2.98. The van der Waals surface area contributed by atoms with Gasteiger partial charge in [0, 0.05) is 33.2 Å². The number of hydrogen-bond acceptors (Lipinski definition) is 6. The first-order chi connectivity index (χ1) is 13.7. The van der Waals surface area contributed by atoms with Gasteiger partial charge in [-0.3, -0.25) is 9.48 Å². The third-order valence-electron chi connectivity index (χ3n) is 5.05. The predicted molar refractivity (Wildman–Crippen MR) is 107 cm³/mol. The molecule has 1 saturated heterocycles. The van der Waals surface area contributed by atoms with E-state index in [1.807, 2.05) is 0 Å². The van der Waals surface area contributed by atoms with Gasteiger partial charge >= 0.3 is 0 Å². The molecule has 0 bridgehead atoms. The summed E-state index contributed by atoms with van der Waals surface area (Å²) in [7, 11) is -0.342. The summed E-state index contributed by atoms with van der Waals surface area (Å²) in [5.41, 5.74) is 1.09. The average molecular weight is 423 g/mol. The van der Waals surface area contributed by atoms with Crippen molar-refractivity contribution in [3.63, 3.8) is 0 Å². The van der Waals surface area contributed by atoms with E-state index in [0.29, 0.717) is 36.0 Å². The summed E-state index contributed by atoms with van der Waals surface area (Å²) in [6.45, 7) is 4.46. The van der Waals surface area contributed by atoms with Crippen molar-refractivity contribution in [2.24, 2.45) is 7.05 Å². The van der Waals surface area contributed by atoms with Gasteiger partial charge in [-0.05, 0) is 38.1 Å². The number of methoxy groups -OCH3 is 1. The summed E-state index contributed by atoms with van der Waals surface area (Å²) in [6, 6.07) is 6.97. The van der Waals surface area contributed by atoms with E-state index in [1.54, 1.807) is 61.9 Å². The van der Waals surface area contributed by atoms with Crippen LogP contribution in [0.15, 0.2) is 29.2 Å². The summed E-state index contributed by atoms with van der Waals surface area (Å²) in [5, 5.41) is 4.20. The summed E-state index contributed by atoms with van der Waals surface area (Å²) in [4.78, 5) is 14.3. The Bertz CT molecular complexity index is 977. The maximum atomic E-state index is 13.0. The minimum absolute atomic E-state index is 0.0973. The Morgan fingerprint density at radius 2 is 1.66 bits per heavy atom. The number of rotatable bonds is 6. The van der Waals surface area contributed by atoms with Gasteiger partial charge in [-0.25, -0.2) is 8.42 Å². The highest BCUT2D eigenvalue weighted by atomic mass is 32.2. The van der Waals surface area contributed by atoms with Crippen LogP contribution in [0.3, 0.4) is 0 Å². The number of ether oxygens (including phenoxy) is 2. The second kappa shape index (κ2) is 8.42. The molecule has 1 aromatic heterocycles. The Morgan fingerprint density at radius 3 is 2.17 bits per heavy atom. The number of aromatic nitrogens is 2. The van der Waals surface area contributed by atoms with E-state index in [2.05, 4.69) is 5.10 Å². The number of sulfonamides is 1. The van der Waals surface area contributed by atoms with Crippen LogP contribution in [0.4, 0.5) is 0 Å². The molecule has 1 aromatic carbocycles. The first-order valence-electron chi connectivity index (χ1n) is 9.29. The fraction of sp³-hybridized carbons (Fsp3) is 0.474. The molecule has 2 aromatic rings. The highest BCUT2D eigenvalue weighted by Crippen LogP contribution is 2.24. The maximum Gasteiger partial charge on any atom is 0.260 e. The number of aryl methyl sites for hydroxylation is 2. The van der Waals surface area contributed by atoms with Crippen molar-refractivity contribution in [3.8, 4) is 11.5 Å². The van der Waals surface area contributed by atoms with Crippen LogP contribution >= 0.6 is 0 Å². The fourth-order valence-electron chi connectivity index (χ4n) is 3.34. The van der Waals surface area contributed by atoms with Crippen molar-refractivity contribution < 1.29 is 22.7 Å². The highest BCUT2D eigenvalue weighted by molar-refractivity contribution is 7.89. The van der Waals surface area contributed by atoms with Crippen LogP contribution in [0.1, 0.15) is 11.4 Å². The Morgan fingerprint density at radius 1 is 1.07 bits per heavy atom. The predicted octanol–water partition coefficient (Wildman–Crippen LogP) is 0.957. The van der Waals surface area contributed by atoms with Gasteiger partial charge < -0.3 is 14.4 Å². The number of hydrogen-bond donors (Lipinski definition) is 0. The summed E-state index contributed by atoms with van der Waals surface area (Å²) in [6.07, 6.45) is 0. The lowest BCUT2D eigenvalue weighted by molar-refractivity contribution is -0.134. The molecule has 10 heteroatoms. The zero-order valence-electron chi connectivity index (χ0n) is 17.1. The van der Waals surface area contributed by atoms with Crippen molar-refractivity contribution in [1.29, 1.82) is 0 Å². The molecule has 0 aliphatic carbocycles. The molecule has 0 spiro atoms. The largest absolute Gasteiger partial charge is 0.497 e. The zero-order chi connectivity index (χ0) is 21.2. The molecular formula is C19H26N4O5S. The fourth-order valence-corrected chi connectivity index (χ4v) is 5.16. The highest BCUT2D eigenvalue weighted by Gasteiger charge is 2.33. The molecule has 0 radical (unpaired) electrons. The zero-order valence-corrected chi connectivity index (χ0v) is 17.9. The Balaban J connectivity index is 1.57. The molecule has 158 valence electrons. The van der Waals surface area contributed by atoms with Crippen molar-refractivity contribution in [3.05, 3.63) is 35.7 Å². The number of benzene rings is 1. The van der Waals surface area contributed by atoms with Crippen LogP contribution in [0.25, 0.3) is 0 Å². The van der Waals surface area contributed by atoms with Gasteiger partial charge in [-0.2, -0.15) is 9.40 Å². The number of piperazine rings is 1. The quantitative estimate of drug-likeness (QED) is 0.688. The van der Waals surface area contributed by atoms with Crippen LogP contribution < -0.4 is 9.47 Å². The Labute approximate surface area is 170 Å². The molecule has 1 aliphatic heterocycles. The molecule has 0 N–H and O–H groups in total. The molecule has 9 nitrogen and oxygen atoms in total. The van der Waals surface area contributed by atoms with E-state index in [4.69, 9.17) is 9.47 Å². The normalized spacial score (nSPS) is 15.4. The van der Waals surface area contributed by atoms with Gasteiger partial charge in [0.15, 0.2) is 6.61 Å². The molecule has 1 amide bonds. The lowest BCUT2D eigenvalue weighted by Crippen LogP contribution is -2.51. The third-order valence-corrected chi connectivity index (χ3v) is 7.21. The van der Waals surface area contributed by atoms with Gasteiger partial charge in [0.1, 0.15) is 16.4 Å². The van der Waals surface area contributed by atoms with Crippen molar-refractivity contribution in [1.82, 2.24) is 19.0 Å². The van der Waals surface area contributed by atoms with Crippen LogP contribution in [-0.4, -0.2) is 73.2 Å². The van der Waals surface area contributed by atoms with E-state index in [9.17, 15) is 13.2 Å². The van der Waals surface area contributed by atoms with Crippen LogP contribution in [-0.2, 0) is 21.9 Å². The first-order valence-corrected chi connectivity index (χ1v) is 10.7. The SMILES string of the molecule is COc1ccc(OCC(=O)N2CCN(S(=O)(=O)c3c(C)nn(C)c3C)CC2)cc1. The second-order valence-electron chi connectivity index (χ2n) is 6.87. The van der Waals surface area contributed by atoms with E-state index >= 15 is 0 Å². The smallest absolute Gasteiger partial charge is 0.260 e. The maximum absolute atomic E-state index is 13.0. The molecule has 29 heavy (non-hydrogen) atoms. The Kier molecular flexibility index (Phi) is 6.13. The van der Waals surface area contributed by atoms with Gasteiger partial charge in [0.2, 0.25) is 10.0 Å². The second-order valence-corrected chi connectivity index (χ2v) is 8.75. The summed E-state index contributed by atoms with van der Waals surface area (Å²) >= 11 is 0. The van der Waals surface area contributed by atoms with Crippen LogP contribution in [0, 0.1) is 13.8 Å². The number of carbonyl (C=O) groups is 1. The third kappa shape index (κ3) is 4.38. The van der Waals surface area contributed by atoms with Crippen molar-refractivity contribution in [2.45, 2.75) is 18.7 Å². The van der Waals surface area contributed by atoms with E-state index in [0.717, 1.165) is 0 Å². The standard InChI is InChI=1S/C19H26N4O5S/c1-14-19(15(2)21(3)20-14)29(25,26)23-11-9-22(10-12-23)18(24)13-28-17-7-5-16(27-4)6-8-17/h5-8H,9-13H2,1-4H3. The molecule has 0 unspecified atom stereocenters. The van der Waals surface area contributed by atoms with Crippen LogP contribution in [0.5, 0.6) is 11.5 Å². The lowest BCUT2D eigenvalue weighted by atomic mass is 10.3. The molecule has 0 saturated carbocycles. The summed E-state index contributed by atoms with van der Waals surface area (Å²) in [5.74, 6) is 1.11. The van der Waals surface area contributed by atoms with E-state index in [-0.39, 0.29) is 30.5 Å². The minimum atomic E-state index is -3.64.